The Labute approximate surface area is 168 Å². The maximum atomic E-state index is 6.26. The zero-order chi connectivity index (χ0) is 18.1. The van der Waals surface area contributed by atoms with Crippen molar-refractivity contribution in [1.82, 2.24) is 5.32 Å². The summed E-state index contributed by atoms with van der Waals surface area (Å²) in [6.45, 7) is 6.92. The van der Waals surface area contributed by atoms with Crippen LogP contribution in [-0.2, 0) is 5.41 Å². The molecule has 0 amide bonds. The highest BCUT2D eigenvalue weighted by Crippen LogP contribution is 2.49. The smallest absolute Gasteiger partial charge is 0.0595 e. The summed E-state index contributed by atoms with van der Waals surface area (Å²) in [7, 11) is 0. The first kappa shape index (κ1) is 21.4. The minimum atomic E-state index is 0.337. The molecule has 25 heavy (non-hydrogen) atoms. The summed E-state index contributed by atoms with van der Waals surface area (Å²) in [4.78, 5) is 0. The molecule has 1 aliphatic rings. The summed E-state index contributed by atoms with van der Waals surface area (Å²) in [6.07, 6.45) is 9.07. The molecule has 0 aromatic heterocycles. The predicted octanol–water partition coefficient (Wildman–Crippen LogP) is 6.95. The summed E-state index contributed by atoms with van der Waals surface area (Å²) < 4.78 is 0. The van der Waals surface area contributed by atoms with E-state index >= 15 is 0 Å². The molecule has 1 N–H and O–H groups in total. The van der Waals surface area contributed by atoms with Crippen molar-refractivity contribution in [2.45, 2.75) is 64.2 Å². The van der Waals surface area contributed by atoms with E-state index in [9.17, 15) is 0 Å². The average Bonchev–Trinajstić information content (AvgIpc) is 2.56. The summed E-state index contributed by atoms with van der Waals surface area (Å²) in [5.41, 5.74) is 1.73. The summed E-state index contributed by atoms with van der Waals surface area (Å²) in [6, 6.07) is 6.25. The van der Waals surface area contributed by atoms with Crippen LogP contribution in [0.15, 0.2) is 18.2 Å². The van der Waals surface area contributed by atoms with Gasteiger partial charge in [-0.25, -0.2) is 0 Å². The highest BCUT2D eigenvalue weighted by molar-refractivity contribution is 7.99. The van der Waals surface area contributed by atoms with Gasteiger partial charge in [-0.3, -0.25) is 0 Å². The van der Waals surface area contributed by atoms with Gasteiger partial charge in [0.1, 0.15) is 0 Å². The molecule has 1 fully saturated rings. The maximum absolute atomic E-state index is 6.26. The summed E-state index contributed by atoms with van der Waals surface area (Å²) in [5, 5.41) is 4.97. The minimum absolute atomic E-state index is 0.337. The zero-order valence-corrected chi connectivity index (χ0v) is 18.1. The minimum Gasteiger partial charge on any atom is -0.316 e. The number of hydrogen-bond acceptors (Lipinski definition) is 2. The molecule has 1 nitrogen and oxygen atoms in total. The number of halogens is 2. The maximum Gasteiger partial charge on any atom is 0.0595 e. The van der Waals surface area contributed by atoms with Gasteiger partial charge in [0.05, 0.1) is 10.0 Å². The lowest BCUT2D eigenvalue weighted by Crippen LogP contribution is -2.36. The van der Waals surface area contributed by atoms with Crippen LogP contribution in [0.1, 0.15) is 64.4 Å². The Bertz CT molecular complexity index is 517. The second-order valence-electron chi connectivity index (χ2n) is 7.58. The van der Waals surface area contributed by atoms with E-state index in [0.717, 1.165) is 19.0 Å². The lowest BCUT2D eigenvalue weighted by atomic mass is 9.60. The van der Waals surface area contributed by atoms with Crippen molar-refractivity contribution in [3.8, 4) is 0 Å². The first-order chi connectivity index (χ1) is 12.1. The van der Waals surface area contributed by atoms with Crippen molar-refractivity contribution >= 4 is 35.0 Å². The van der Waals surface area contributed by atoms with Crippen molar-refractivity contribution in [2.75, 3.05) is 24.6 Å². The topological polar surface area (TPSA) is 12.0 Å². The Morgan fingerprint density at radius 1 is 1.16 bits per heavy atom. The Morgan fingerprint density at radius 2 is 1.96 bits per heavy atom. The van der Waals surface area contributed by atoms with E-state index in [2.05, 4.69) is 43.1 Å². The molecule has 0 bridgehead atoms. The Balaban J connectivity index is 1.71. The van der Waals surface area contributed by atoms with E-state index in [1.54, 1.807) is 0 Å². The highest BCUT2D eigenvalue weighted by atomic mass is 35.5. The number of unbranched alkanes of at least 4 members (excludes halogenated alkanes) is 1. The Kier molecular flexibility index (Phi) is 9.48. The van der Waals surface area contributed by atoms with Crippen LogP contribution >= 0.6 is 35.0 Å². The molecule has 1 aromatic rings. The van der Waals surface area contributed by atoms with E-state index in [-0.39, 0.29) is 0 Å². The van der Waals surface area contributed by atoms with Crippen LogP contribution in [0, 0.1) is 5.92 Å². The first-order valence-electron chi connectivity index (χ1n) is 9.81. The molecule has 4 heteroatoms. The van der Waals surface area contributed by atoms with Gasteiger partial charge in [-0.15, -0.1) is 0 Å². The number of nitrogens with one attached hydrogen (secondary N) is 1. The summed E-state index contributed by atoms with van der Waals surface area (Å²) in [5.74, 6) is 3.28. The van der Waals surface area contributed by atoms with Crippen molar-refractivity contribution < 1.29 is 0 Å². The lowest BCUT2D eigenvalue weighted by Gasteiger charge is -2.44. The first-order valence-corrected chi connectivity index (χ1v) is 11.7. The Hall–Kier alpha value is 0.110. The zero-order valence-electron chi connectivity index (χ0n) is 15.8. The van der Waals surface area contributed by atoms with Crippen LogP contribution in [0.4, 0.5) is 0 Å². The third-order valence-corrected chi connectivity index (χ3v) is 7.27. The molecular formula is C21H33Cl2NS. The molecule has 1 aromatic carbocycles. The molecule has 1 aliphatic carbocycles. The van der Waals surface area contributed by atoms with Gasteiger partial charge in [0.2, 0.25) is 0 Å². The number of rotatable bonds is 12. The predicted molar refractivity (Wildman–Crippen MR) is 115 cm³/mol. The van der Waals surface area contributed by atoms with Crippen LogP contribution in [-0.4, -0.2) is 24.6 Å². The van der Waals surface area contributed by atoms with Crippen molar-refractivity contribution in [3.63, 3.8) is 0 Å². The molecule has 0 heterocycles. The van der Waals surface area contributed by atoms with Crippen LogP contribution in [0.2, 0.25) is 10.0 Å². The van der Waals surface area contributed by atoms with Gasteiger partial charge in [-0.2, -0.15) is 11.8 Å². The van der Waals surface area contributed by atoms with Gasteiger partial charge in [0, 0.05) is 12.3 Å². The lowest BCUT2D eigenvalue weighted by molar-refractivity contribution is 0.190. The second-order valence-corrected chi connectivity index (χ2v) is 9.62. The van der Waals surface area contributed by atoms with Gasteiger partial charge in [0.15, 0.2) is 0 Å². The standard InChI is InChI=1S/C21H33Cl2NS/c1-3-4-13-25-14-12-24-11-8-17(2)16-21(9-5-10-21)18-6-7-19(22)20(23)15-18/h6-7,15,17,24H,3-5,8-14,16H2,1-2H3. The van der Waals surface area contributed by atoms with E-state index in [0.29, 0.717) is 15.5 Å². The van der Waals surface area contributed by atoms with Crippen LogP contribution in [0.25, 0.3) is 0 Å². The van der Waals surface area contributed by atoms with E-state index < -0.39 is 0 Å². The number of thioether (sulfide) groups is 1. The molecule has 0 radical (unpaired) electrons. The van der Waals surface area contributed by atoms with E-state index in [1.165, 1.54) is 62.0 Å². The van der Waals surface area contributed by atoms with Gasteiger partial charge in [-0.1, -0.05) is 56.0 Å². The quantitative estimate of drug-likeness (QED) is 0.380. The van der Waals surface area contributed by atoms with Crippen molar-refractivity contribution in [2.24, 2.45) is 5.92 Å². The van der Waals surface area contributed by atoms with Crippen LogP contribution in [0.5, 0.6) is 0 Å². The molecule has 0 aliphatic heterocycles. The highest BCUT2D eigenvalue weighted by Gasteiger charge is 2.39. The fourth-order valence-electron chi connectivity index (χ4n) is 3.78. The fourth-order valence-corrected chi connectivity index (χ4v) is 5.06. The fraction of sp³-hybridized carbons (Fsp3) is 0.714. The largest absolute Gasteiger partial charge is 0.316 e. The van der Waals surface area contributed by atoms with Gasteiger partial charge < -0.3 is 5.32 Å². The third kappa shape index (κ3) is 6.65. The van der Waals surface area contributed by atoms with Crippen LogP contribution in [0.3, 0.4) is 0 Å². The van der Waals surface area contributed by atoms with Gasteiger partial charge in [0.25, 0.3) is 0 Å². The molecule has 0 saturated heterocycles. The monoisotopic (exact) mass is 401 g/mol. The molecule has 0 spiro atoms. The SMILES string of the molecule is CCCCSCCNCCC(C)CC1(c2ccc(Cl)c(Cl)c2)CCC1. The van der Waals surface area contributed by atoms with Gasteiger partial charge >= 0.3 is 0 Å². The molecule has 142 valence electrons. The second kappa shape index (κ2) is 11.1. The van der Waals surface area contributed by atoms with Crippen molar-refractivity contribution in [1.29, 1.82) is 0 Å². The average molecular weight is 402 g/mol. The number of hydrogen-bond donors (Lipinski definition) is 1. The van der Waals surface area contributed by atoms with Crippen molar-refractivity contribution in [3.05, 3.63) is 33.8 Å². The Morgan fingerprint density at radius 3 is 2.60 bits per heavy atom. The van der Waals surface area contributed by atoms with Gasteiger partial charge in [-0.05, 0) is 73.4 Å². The summed E-state index contributed by atoms with van der Waals surface area (Å²) >= 11 is 14.4. The van der Waals surface area contributed by atoms with E-state index in [1.807, 2.05) is 6.07 Å². The van der Waals surface area contributed by atoms with Crippen LogP contribution < -0.4 is 5.32 Å². The molecular weight excluding hydrogens is 369 g/mol. The molecule has 1 atom stereocenters. The van der Waals surface area contributed by atoms with E-state index in [4.69, 9.17) is 23.2 Å². The molecule has 1 unspecified atom stereocenters. The number of benzene rings is 1. The molecule has 1 saturated carbocycles. The third-order valence-electron chi connectivity index (χ3n) is 5.46. The normalized spacial score (nSPS) is 17.3. The molecule has 2 rings (SSSR count).